The van der Waals surface area contributed by atoms with Gasteiger partial charge in [-0.05, 0) is 0 Å². The Morgan fingerprint density at radius 1 is 0.941 bits per heavy atom. The maximum atomic E-state index is 10.9. The van der Waals surface area contributed by atoms with Crippen LogP contribution in [0.3, 0.4) is 0 Å². The first-order chi connectivity index (χ1) is 7.75. The van der Waals surface area contributed by atoms with Gasteiger partial charge >= 0.3 is 23.9 Å². The molecule has 0 aromatic carbocycles. The van der Waals surface area contributed by atoms with Crippen LogP contribution in [0, 0.1) is 0 Å². The molecule has 0 radical (unpaired) electrons. The van der Waals surface area contributed by atoms with E-state index in [1.807, 2.05) is 0 Å². The number of carboxylic acid groups (broad SMARTS) is 4. The Morgan fingerprint density at radius 2 is 1.41 bits per heavy atom. The lowest BCUT2D eigenvalue weighted by atomic mass is 9.92. The fourth-order valence-electron chi connectivity index (χ4n) is 1.41. The lowest BCUT2D eigenvalue weighted by molar-refractivity contribution is -0.176. The molecule has 0 atom stereocenters. The molecule has 9 nitrogen and oxygen atoms in total. The highest BCUT2D eigenvalue weighted by Gasteiger charge is 2.60. The Bertz CT molecular complexity index is 444. The molecule has 0 unspecified atom stereocenters. The van der Waals surface area contributed by atoms with Gasteiger partial charge in [-0.3, -0.25) is 0 Å². The van der Waals surface area contributed by atoms with Crippen LogP contribution in [0.25, 0.3) is 0 Å². The molecule has 17 heavy (non-hydrogen) atoms. The second-order valence-corrected chi connectivity index (χ2v) is 3.04. The third-order valence-corrected chi connectivity index (χ3v) is 2.16. The quantitative estimate of drug-likeness (QED) is 0.428. The SMILES string of the molecule is O=C(O)C1=C(C(=O)O)C(C(=O)O)(C(=O)O)OC1. The predicted octanol–water partition coefficient (Wildman–Crippen LogP) is -1.61. The molecular weight excluding hydrogens is 240 g/mol. The van der Waals surface area contributed by atoms with Crippen molar-refractivity contribution < 1.29 is 44.3 Å². The van der Waals surface area contributed by atoms with Crippen LogP contribution in [-0.2, 0) is 23.9 Å². The molecule has 0 saturated heterocycles. The van der Waals surface area contributed by atoms with Crippen LogP contribution in [-0.4, -0.2) is 56.5 Å². The molecule has 0 aromatic heterocycles. The maximum Gasteiger partial charge on any atom is 0.353 e. The number of rotatable bonds is 4. The van der Waals surface area contributed by atoms with Crippen LogP contribution >= 0.6 is 0 Å². The molecule has 0 bridgehead atoms. The van der Waals surface area contributed by atoms with Gasteiger partial charge in [0.05, 0.1) is 12.2 Å². The first-order valence-corrected chi connectivity index (χ1v) is 4.06. The van der Waals surface area contributed by atoms with Gasteiger partial charge in [-0.15, -0.1) is 0 Å². The summed E-state index contributed by atoms with van der Waals surface area (Å²) in [5.74, 6) is -7.91. The molecular formula is C8H6O9. The summed E-state index contributed by atoms with van der Waals surface area (Å²) < 4.78 is 4.38. The van der Waals surface area contributed by atoms with E-state index in [1.54, 1.807) is 0 Å². The van der Waals surface area contributed by atoms with E-state index in [0.29, 0.717) is 0 Å². The van der Waals surface area contributed by atoms with E-state index in [0.717, 1.165) is 0 Å². The lowest BCUT2D eigenvalue weighted by Crippen LogP contribution is -2.50. The van der Waals surface area contributed by atoms with E-state index in [9.17, 15) is 19.2 Å². The van der Waals surface area contributed by atoms with Crippen LogP contribution < -0.4 is 0 Å². The summed E-state index contributed by atoms with van der Waals surface area (Å²) in [6, 6.07) is 0. The molecule has 0 amide bonds. The normalized spacial score (nSPS) is 17.9. The van der Waals surface area contributed by atoms with Gasteiger partial charge in [-0.1, -0.05) is 0 Å². The third kappa shape index (κ3) is 1.61. The molecule has 0 saturated carbocycles. The van der Waals surface area contributed by atoms with E-state index in [4.69, 9.17) is 20.4 Å². The third-order valence-electron chi connectivity index (χ3n) is 2.16. The van der Waals surface area contributed by atoms with E-state index in [1.165, 1.54) is 0 Å². The minimum absolute atomic E-state index is 0.901. The molecule has 0 aromatic rings. The number of hydrogen-bond donors (Lipinski definition) is 4. The summed E-state index contributed by atoms with van der Waals surface area (Å²) in [6.07, 6.45) is 0. The van der Waals surface area contributed by atoms with Crippen LogP contribution in [0.1, 0.15) is 0 Å². The van der Waals surface area contributed by atoms with E-state index in [2.05, 4.69) is 4.74 Å². The molecule has 1 rings (SSSR count). The van der Waals surface area contributed by atoms with Crippen molar-refractivity contribution in [3.05, 3.63) is 11.1 Å². The summed E-state index contributed by atoms with van der Waals surface area (Å²) in [7, 11) is 0. The van der Waals surface area contributed by atoms with Crippen LogP contribution in [0.2, 0.25) is 0 Å². The highest BCUT2D eigenvalue weighted by atomic mass is 16.6. The van der Waals surface area contributed by atoms with Crippen LogP contribution in [0.4, 0.5) is 0 Å². The van der Waals surface area contributed by atoms with Crippen molar-refractivity contribution in [2.24, 2.45) is 0 Å². The molecule has 1 heterocycles. The molecule has 92 valence electrons. The fraction of sp³-hybridized carbons (Fsp3) is 0.250. The van der Waals surface area contributed by atoms with Gasteiger partial charge in [0.25, 0.3) is 5.60 Å². The first-order valence-electron chi connectivity index (χ1n) is 4.06. The monoisotopic (exact) mass is 246 g/mol. The van der Waals surface area contributed by atoms with Crippen molar-refractivity contribution in [3.63, 3.8) is 0 Å². The van der Waals surface area contributed by atoms with Crippen molar-refractivity contribution in [2.75, 3.05) is 6.61 Å². The second-order valence-electron chi connectivity index (χ2n) is 3.04. The number of carboxylic acids is 4. The largest absolute Gasteiger partial charge is 0.478 e. The van der Waals surface area contributed by atoms with Crippen molar-refractivity contribution in [2.45, 2.75) is 5.60 Å². The Balaban J connectivity index is 3.56. The van der Waals surface area contributed by atoms with Gasteiger partial charge < -0.3 is 25.2 Å². The van der Waals surface area contributed by atoms with Crippen molar-refractivity contribution >= 4 is 23.9 Å². The van der Waals surface area contributed by atoms with Gasteiger partial charge in [-0.25, -0.2) is 19.2 Å². The number of carbonyl (C=O) groups is 4. The zero-order valence-electron chi connectivity index (χ0n) is 8.04. The molecule has 0 fully saturated rings. The zero-order valence-corrected chi connectivity index (χ0v) is 8.04. The molecule has 0 aliphatic carbocycles. The van der Waals surface area contributed by atoms with Crippen molar-refractivity contribution in [1.29, 1.82) is 0 Å². The Labute approximate surface area is 92.5 Å². The second kappa shape index (κ2) is 3.87. The average molecular weight is 246 g/mol. The van der Waals surface area contributed by atoms with Crippen LogP contribution in [0.15, 0.2) is 11.1 Å². The van der Waals surface area contributed by atoms with Gasteiger partial charge in [0.2, 0.25) is 0 Å². The van der Waals surface area contributed by atoms with Gasteiger partial charge in [0.15, 0.2) is 0 Å². The Kier molecular flexibility index (Phi) is 2.88. The molecule has 1 aliphatic heterocycles. The average Bonchev–Trinajstić information content (AvgIpc) is 2.57. The molecule has 4 N–H and O–H groups in total. The van der Waals surface area contributed by atoms with Crippen molar-refractivity contribution in [3.8, 4) is 0 Å². The lowest BCUT2D eigenvalue weighted by Gasteiger charge is -2.19. The summed E-state index contributed by atoms with van der Waals surface area (Å²) in [4.78, 5) is 43.2. The number of ether oxygens (including phenoxy) is 1. The number of aliphatic carboxylic acids is 4. The highest BCUT2D eigenvalue weighted by Crippen LogP contribution is 2.33. The van der Waals surface area contributed by atoms with E-state index < -0.39 is 47.2 Å². The van der Waals surface area contributed by atoms with E-state index in [-0.39, 0.29) is 0 Å². The highest BCUT2D eigenvalue weighted by molar-refractivity contribution is 6.17. The Hall–Kier alpha value is -2.42. The summed E-state index contributed by atoms with van der Waals surface area (Å²) in [5, 5.41) is 34.9. The molecule has 0 spiro atoms. The minimum Gasteiger partial charge on any atom is -0.478 e. The standard InChI is InChI=1S/C8H6O9/c9-4(10)2-1-17-8(6(13)14,7(15)16)3(2)5(11)12/h1H2,(H,9,10)(H,11,12)(H,13,14)(H,15,16). The summed E-state index contributed by atoms with van der Waals surface area (Å²) >= 11 is 0. The van der Waals surface area contributed by atoms with E-state index >= 15 is 0 Å². The van der Waals surface area contributed by atoms with Crippen molar-refractivity contribution in [1.82, 2.24) is 0 Å². The number of hydrogen-bond acceptors (Lipinski definition) is 5. The van der Waals surface area contributed by atoms with Gasteiger partial charge in [0, 0.05) is 0 Å². The predicted molar refractivity (Wildman–Crippen MR) is 46.3 cm³/mol. The summed E-state index contributed by atoms with van der Waals surface area (Å²) in [5.41, 5.74) is -5.38. The van der Waals surface area contributed by atoms with Gasteiger partial charge in [-0.2, -0.15) is 0 Å². The first kappa shape index (κ1) is 12.6. The fourth-order valence-corrected chi connectivity index (χ4v) is 1.41. The minimum atomic E-state index is -3.18. The van der Waals surface area contributed by atoms with Crippen LogP contribution in [0.5, 0.6) is 0 Å². The topological polar surface area (TPSA) is 158 Å². The zero-order chi connectivity index (χ0) is 13.4. The summed E-state index contributed by atoms with van der Waals surface area (Å²) in [6.45, 7) is -0.907. The molecule has 1 aliphatic rings. The smallest absolute Gasteiger partial charge is 0.353 e. The molecule has 9 heteroatoms. The van der Waals surface area contributed by atoms with Gasteiger partial charge in [0.1, 0.15) is 5.57 Å². The Morgan fingerprint density at radius 3 is 1.71 bits per heavy atom. The maximum absolute atomic E-state index is 10.9.